The van der Waals surface area contributed by atoms with Crippen LogP contribution < -0.4 is 10.2 Å². The van der Waals surface area contributed by atoms with E-state index in [1.165, 1.54) is 0 Å². The summed E-state index contributed by atoms with van der Waals surface area (Å²) in [6.45, 7) is 4.17. The zero-order chi connectivity index (χ0) is 23.1. The Morgan fingerprint density at radius 2 is 1.55 bits per heavy atom. The van der Waals surface area contributed by atoms with Crippen molar-refractivity contribution in [1.29, 1.82) is 0 Å². The molecule has 0 atom stereocenters. The van der Waals surface area contributed by atoms with Gasteiger partial charge in [0.2, 0.25) is 15.9 Å². The molecule has 7 nitrogen and oxygen atoms in total. The molecule has 33 heavy (non-hydrogen) atoms. The summed E-state index contributed by atoms with van der Waals surface area (Å²) in [6.07, 6.45) is 4.89. The Kier molecular flexibility index (Phi) is 8.01. The molecule has 2 saturated heterocycles. The van der Waals surface area contributed by atoms with Gasteiger partial charge >= 0.3 is 0 Å². The normalized spacial score (nSPS) is 18.0. The number of anilines is 2. The van der Waals surface area contributed by atoms with Crippen LogP contribution in [-0.4, -0.2) is 58.0 Å². The molecule has 0 bridgehead atoms. The lowest BCUT2D eigenvalue weighted by atomic mass is 10.1. The minimum absolute atomic E-state index is 0.0584. The van der Waals surface area contributed by atoms with E-state index in [1.807, 2.05) is 36.4 Å². The van der Waals surface area contributed by atoms with Crippen LogP contribution in [0.5, 0.6) is 0 Å². The van der Waals surface area contributed by atoms with Gasteiger partial charge in [-0.15, -0.1) is 0 Å². The van der Waals surface area contributed by atoms with Crippen LogP contribution in [0.15, 0.2) is 53.4 Å². The fourth-order valence-corrected chi connectivity index (χ4v) is 5.91. The van der Waals surface area contributed by atoms with Gasteiger partial charge in [-0.1, -0.05) is 37.1 Å². The van der Waals surface area contributed by atoms with Crippen molar-refractivity contribution in [2.24, 2.45) is 0 Å². The number of rotatable bonds is 7. The van der Waals surface area contributed by atoms with Gasteiger partial charge in [-0.3, -0.25) is 4.79 Å². The first kappa shape index (κ1) is 23.7. The summed E-state index contributed by atoms with van der Waals surface area (Å²) in [5.41, 5.74) is 2.77. The summed E-state index contributed by atoms with van der Waals surface area (Å²) in [6, 6.07) is 14.8. The first-order chi connectivity index (χ1) is 16.0. The van der Waals surface area contributed by atoms with Crippen molar-refractivity contribution in [3.05, 3.63) is 54.1 Å². The number of hydrogen-bond acceptors (Lipinski definition) is 5. The molecule has 0 spiro atoms. The van der Waals surface area contributed by atoms with Crippen molar-refractivity contribution in [3.63, 3.8) is 0 Å². The number of ether oxygens (including phenoxy) is 1. The van der Waals surface area contributed by atoms with Crippen molar-refractivity contribution in [3.8, 4) is 0 Å². The van der Waals surface area contributed by atoms with E-state index in [4.69, 9.17) is 4.74 Å². The molecular weight excluding hydrogens is 438 g/mol. The maximum Gasteiger partial charge on any atom is 0.243 e. The highest BCUT2D eigenvalue weighted by atomic mass is 32.2. The molecule has 0 aromatic heterocycles. The smallest absolute Gasteiger partial charge is 0.243 e. The van der Waals surface area contributed by atoms with E-state index in [2.05, 4.69) is 10.2 Å². The first-order valence-electron chi connectivity index (χ1n) is 11.8. The van der Waals surface area contributed by atoms with Crippen LogP contribution in [0.3, 0.4) is 0 Å². The van der Waals surface area contributed by atoms with Crippen LogP contribution in [-0.2, 0) is 26.0 Å². The number of nitrogens with one attached hydrogen (secondary N) is 1. The third-order valence-corrected chi connectivity index (χ3v) is 8.21. The van der Waals surface area contributed by atoms with E-state index in [1.54, 1.807) is 16.4 Å². The van der Waals surface area contributed by atoms with Crippen LogP contribution in [0, 0.1) is 0 Å². The highest BCUT2D eigenvalue weighted by Gasteiger charge is 2.25. The van der Waals surface area contributed by atoms with Crippen LogP contribution in [0.25, 0.3) is 0 Å². The first-order valence-corrected chi connectivity index (χ1v) is 13.3. The van der Waals surface area contributed by atoms with E-state index in [0.717, 1.165) is 55.7 Å². The molecule has 0 saturated carbocycles. The largest absolute Gasteiger partial charge is 0.378 e. The molecule has 2 aliphatic rings. The number of amides is 1. The highest BCUT2D eigenvalue weighted by Crippen LogP contribution is 2.27. The van der Waals surface area contributed by atoms with Crippen LogP contribution >= 0.6 is 0 Å². The number of sulfonamides is 1. The lowest BCUT2D eigenvalue weighted by molar-refractivity contribution is -0.116. The van der Waals surface area contributed by atoms with E-state index < -0.39 is 10.0 Å². The fourth-order valence-electron chi connectivity index (χ4n) is 4.39. The maximum atomic E-state index is 12.9. The van der Waals surface area contributed by atoms with Crippen molar-refractivity contribution >= 4 is 27.3 Å². The van der Waals surface area contributed by atoms with Gasteiger partial charge < -0.3 is 15.0 Å². The molecule has 2 heterocycles. The molecule has 0 unspecified atom stereocenters. The van der Waals surface area contributed by atoms with Crippen LogP contribution in [0.2, 0.25) is 0 Å². The Hall–Kier alpha value is -2.42. The predicted octanol–water partition coefficient (Wildman–Crippen LogP) is 3.66. The van der Waals surface area contributed by atoms with Gasteiger partial charge in [0, 0.05) is 32.6 Å². The standard InChI is InChI=1S/C25H33N3O4S/c29-25(26-23-7-3-4-8-24(23)27-17-19-32-20-18-27)14-11-21-9-12-22(13-10-21)33(30,31)28-15-5-1-2-6-16-28/h3-4,7-10,12-13H,1-2,5-6,11,14-20H2,(H,26,29). The Morgan fingerprint density at radius 1 is 0.879 bits per heavy atom. The van der Waals surface area contributed by atoms with Gasteiger partial charge in [-0.05, 0) is 49.1 Å². The molecule has 2 aromatic rings. The Bertz CT molecular complexity index is 1030. The molecule has 2 aliphatic heterocycles. The fraction of sp³-hybridized carbons (Fsp3) is 0.480. The summed E-state index contributed by atoms with van der Waals surface area (Å²) in [7, 11) is -3.45. The number of para-hydroxylation sites is 2. The second-order valence-corrected chi connectivity index (χ2v) is 10.6. The number of nitrogens with zero attached hydrogens (tertiary/aromatic N) is 2. The second-order valence-electron chi connectivity index (χ2n) is 8.63. The zero-order valence-electron chi connectivity index (χ0n) is 19.0. The van der Waals surface area contributed by atoms with Crippen molar-refractivity contribution < 1.29 is 17.9 Å². The maximum absolute atomic E-state index is 12.9. The molecule has 1 amide bonds. The Balaban J connectivity index is 1.34. The Labute approximate surface area is 196 Å². The SMILES string of the molecule is O=C(CCc1ccc(S(=O)(=O)N2CCCCCC2)cc1)Nc1ccccc1N1CCOCC1. The molecule has 2 aromatic carbocycles. The number of aryl methyl sites for hydroxylation is 1. The number of carbonyl (C=O) groups is 1. The molecule has 1 N–H and O–H groups in total. The molecular formula is C25H33N3O4S. The summed E-state index contributed by atoms with van der Waals surface area (Å²) in [5, 5.41) is 3.04. The average molecular weight is 472 g/mol. The number of morpholine rings is 1. The summed E-state index contributed by atoms with van der Waals surface area (Å²) >= 11 is 0. The summed E-state index contributed by atoms with van der Waals surface area (Å²) < 4.78 is 32.9. The van der Waals surface area contributed by atoms with Gasteiger partial charge in [0.05, 0.1) is 29.5 Å². The van der Waals surface area contributed by atoms with Gasteiger partial charge in [0.15, 0.2) is 0 Å². The lowest BCUT2D eigenvalue weighted by Crippen LogP contribution is -2.36. The van der Waals surface area contributed by atoms with Crippen LogP contribution in [0.4, 0.5) is 11.4 Å². The van der Waals surface area contributed by atoms with Gasteiger partial charge in [0.25, 0.3) is 0 Å². The second kappa shape index (κ2) is 11.1. The van der Waals surface area contributed by atoms with Crippen molar-refractivity contribution in [2.45, 2.75) is 43.4 Å². The van der Waals surface area contributed by atoms with E-state index >= 15 is 0 Å². The lowest BCUT2D eigenvalue weighted by Gasteiger charge is -2.30. The topological polar surface area (TPSA) is 79.0 Å². The van der Waals surface area contributed by atoms with E-state index in [9.17, 15) is 13.2 Å². The minimum atomic E-state index is -3.45. The molecule has 4 rings (SSSR count). The van der Waals surface area contributed by atoms with Gasteiger partial charge in [0.1, 0.15) is 0 Å². The van der Waals surface area contributed by atoms with Gasteiger partial charge in [-0.25, -0.2) is 8.42 Å². The monoisotopic (exact) mass is 471 g/mol. The summed E-state index contributed by atoms with van der Waals surface area (Å²) in [4.78, 5) is 15.2. The quantitative estimate of drug-likeness (QED) is 0.667. The molecule has 2 fully saturated rings. The van der Waals surface area contributed by atoms with Crippen molar-refractivity contribution in [2.75, 3.05) is 49.6 Å². The zero-order valence-corrected chi connectivity index (χ0v) is 19.9. The highest BCUT2D eigenvalue weighted by molar-refractivity contribution is 7.89. The third-order valence-electron chi connectivity index (χ3n) is 6.30. The number of benzene rings is 2. The Morgan fingerprint density at radius 3 is 2.24 bits per heavy atom. The predicted molar refractivity (Wildman–Crippen MR) is 130 cm³/mol. The summed E-state index contributed by atoms with van der Waals surface area (Å²) in [5.74, 6) is -0.0584. The van der Waals surface area contributed by atoms with Gasteiger partial charge in [-0.2, -0.15) is 4.31 Å². The third kappa shape index (κ3) is 6.13. The number of hydrogen-bond donors (Lipinski definition) is 1. The molecule has 8 heteroatoms. The van der Waals surface area contributed by atoms with Crippen molar-refractivity contribution in [1.82, 2.24) is 4.31 Å². The molecule has 0 aliphatic carbocycles. The van der Waals surface area contributed by atoms with Crippen LogP contribution in [0.1, 0.15) is 37.7 Å². The molecule has 0 radical (unpaired) electrons. The average Bonchev–Trinajstić information content (AvgIpc) is 3.14. The number of carbonyl (C=O) groups excluding carboxylic acids is 1. The van der Waals surface area contributed by atoms with E-state index in [0.29, 0.717) is 44.0 Å². The molecule has 178 valence electrons. The minimum Gasteiger partial charge on any atom is -0.378 e. The van der Waals surface area contributed by atoms with E-state index in [-0.39, 0.29) is 5.91 Å².